The Morgan fingerprint density at radius 2 is 1.58 bits per heavy atom. The molecule has 16 atom stereocenters. The standard InChI is InChI=1S/C49H61ClO16/c1-23-22-49-28(19-30(23)44(55)56)12-9-7-6-8-11-27-15-16-29-31(48(27,5)47(59)65-42(43(49)54)46(58)66-49)13-10-14-36(29)62-37-20-34(52)40(25(3)60-37)63-38-21-35(53)41(26(4)61-38)64-45(57)39-24(2)32(50)17-18-33(39)51/h9,12,15-19,23,25-29,31,34-38,40-41,51-54H,6-8,10-11,13-14,20-22H2,1-5H3,(H,55,56)/b12-9+/t23-,25-,26-,27-,28-,29+,31-,34-,35-,36+,37+,38+,40-,41-,48-,49+/m1/s1. The first kappa shape index (κ1) is 48.2. The van der Waals surface area contributed by atoms with Crippen LogP contribution in [0.3, 0.4) is 0 Å². The minimum absolute atomic E-state index is 0.0103. The number of fused-ring (bicyclic) bond motifs is 3. The third-order valence-electron chi connectivity index (χ3n) is 15.2. The van der Waals surface area contributed by atoms with Crippen molar-refractivity contribution in [3.8, 4) is 5.75 Å². The molecule has 1 aromatic carbocycles. The predicted molar refractivity (Wildman–Crippen MR) is 233 cm³/mol. The molecule has 2 bridgehead atoms. The second-order valence-electron chi connectivity index (χ2n) is 19.4. The maximum absolute atomic E-state index is 14.7. The molecule has 16 nitrogen and oxygen atoms in total. The zero-order chi connectivity index (χ0) is 47.4. The molecule has 8 rings (SSSR count). The lowest BCUT2D eigenvalue weighted by Crippen LogP contribution is -2.56. The quantitative estimate of drug-likeness (QED) is 0.109. The number of aromatic hydroxyl groups is 1. The van der Waals surface area contributed by atoms with Crippen LogP contribution in [0.4, 0.5) is 0 Å². The molecule has 0 amide bonds. The zero-order valence-electron chi connectivity index (χ0n) is 37.8. The van der Waals surface area contributed by atoms with Gasteiger partial charge in [0.15, 0.2) is 30.0 Å². The van der Waals surface area contributed by atoms with Crippen LogP contribution in [-0.4, -0.2) is 110 Å². The van der Waals surface area contributed by atoms with E-state index in [0.29, 0.717) is 37.7 Å². The van der Waals surface area contributed by atoms with E-state index in [-0.39, 0.29) is 58.9 Å². The maximum Gasteiger partial charge on any atom is 0.379 e. The fourth-order valence-corrected chi connectivity index (χ4v) is 11.7. The fraction of sp³-hybridized carbons (Fsp3) is 0.633. The van der Waals surface area contributed by atoms with E-state index in [0.717, 1.165) is 12.8 Å². The van der Waals surface area contributed by atoms with Gasteiger partial charge >= 0.3 is 23.9 Å². The molecule has 3 fully saturated rings. The summed E-state index contributed by atoms with van der Waals surface area (Å²) in [6.45, 7) is 8.49. The summed E-state index contributed by atoms with van der Waals surface area (Å²) in [7, 11) is 0. The number of benzene rings is 1. The van der Waals surface area contributed by atoms with Gasteiger partial charge in [-0.15, -0.1) is 0 Å². The average molecular weight is 941 g/mol. The summed E-state index contributed by atoms with van der Waals surface area (Å²) in [5.41, 5.74) is -2.39. The number of aliphatic carboxylic acids is 1. The molecule has 2 saturated heterocycles. The van der Waals surface area contributed by atoms with Crippen LogP contribution in [0.1, 0.15) is 108 Å². The number of halogens is 1. The molecular weight excluding hydrogens is 880 g/mol. The number of aliphatic hydroxyl groups excluding tert-OH is 3. The number of carbonyl (C=O) groups excluding carboxylic acids is 3. The molecule has 3 aliphatic carbocycles. The summed E-state index contributed by atoms with van der Waals surface area (Å²) < 4.78 is 42.7. The number of phenols is 1. The molecule has 4 heterocycles. The lowest BCUT2D eigenvalue weighted by molar-refractivity contribution is -0.318. The van der Waals surface area contributed by atoms with Gasteiger partial charge < -0.3 is 58.7 Å². The van der Waals surface area contributed by atoms with Crippen molar-refractivity contribution in [3.05, 3.63) is 75.8 Å². The van der Waals surface area contributed by atoms with Crippen molar-refractivity contribution in [1.82, 2.24) is 0 Å². The average Bonchev–Trinajstić information content (AvgIpc) is 3.48. The van der Waals surface area contributed by atoms with Crippen LogP contribution in [0.2, 0.25) is 5.02 Å². The van der Waals surface area contributed by atoms with E-state index in [2.05, 4.69) is 6.08 Å². The number of ether oxygens (including phenoxy) is 7. The SMILES string of the molecule is Cc1c(Cl)ccc(O)c1C(=O)O[C@H]1[C@H](O)C[C@H](O[C@H]2[C@H](O)C[C@H](O[C@H]3CCC[C@@H]4[C@@H]3C=C[C@H]3CCCC/C=C/[C@@H]5C=C(C(=O)O)[C@H](C)C[C@]56OC(=O)C(=C6O)OC(=O)[C@@]43C)O[C@@H]2C)O[C@@H]1C. The van der Waals surface area contributed by atoms with Crippen LogP contribution in [0.5, 0.6) is 5.75 Å². The lowest BCUT2D eigenvalue weighted by atomic mass is 9.55. The summed E-state index contributed by atoms with van der Waals surface area (Å²) in [5, 5.41) is 54.8. The largest absolute Gasteiger partial charge is 0.507 e. The third kappa shape index (κ3) is 8.83. The first-order valence-corrected chi connectivity index (χ1v) is 23.6. The summed E-state index contributed by atoms with van der Waals surface area (Å²) in [6.07, 6.45) is 6.30. The van der Waals surface area contributed by atoms with E-state index < -0.39 is 114 Å². The van der Waals surface area contributed by atoms with Gasteiger partial charge in [0.25, 0.3) is 5.76 Å². The third-order valence-corrected chi connectivity index (χ3v) is 15.6. The van der Waals surface area contributed by atoms with Crippen LogP contribution in [0, 0.1) is 41.9 Å². The summed E-state index contributed by atoms with van der Waals surface area (Å²) >= 11 is 6.16. The first-order valence-electron chi connectivity index (χ1n) is 23.2. The molecule has 4 aliphatic heterocycles. The normalized spacial score (nSPS) is 40.9. The molecule has 0 aromatic heterocycles. The Morgan fingerprint density at radius 3 is 2.27 bits per heavy atom. The number of hydrogen-bond acceptors (Lipinski definition) is 15. The molecule has 66 heavy (non-hydrogen) atoms. The molecule has 0 radical (unpaired) electrons. The molecule has 1 aromatic rings. The van der Waals surface area contributed by atoms with Crippen molar-refractivity contribution in [1.29, 1.82) is 0 Å². The molecule has 5 N–H and O–H groups in total. The van der Waals surface area contributed by atoms with E-state index >= 15 is 0 Å². The fourth-order valence-electron chi connectivity index (χ4n) is 11.6. The Morgan fingerprint density at radius 1 is 0.879 bits per heavy atom. The molecule has 7 aliphatic rings. The van der Waals surface area contributed by atoms with E-state index in [1.165, 1.54) is 18.2 Å². The second kappa shape index (κ2) is 19.0. The Hall–Kier alpha value is -4.29. The van der Waals surface area contributed by atoms with E-state index in [9.17, 15) is 44.7 Å². The van der Waals surface area contributed by atoms with Crippen LogP contribution < -0.4 is 0 Å². The number of aliphatic hydroxyl groups is 3. The van der Waals surface area contributed by atoms with Crippen LogP contribution >= 0.6 is 11.6 Å². The highest BCUT2D eigenvalue weighted by atomic mass is 35.5. The highest BCUT2D eigenvalue weighted by Crippen LogP contribution is 2.55. The minimum atomic E-state index is -1.62. The number of allylic oxidation sites excluding steroid dienone is 2. The van der Waals surface area contributed by atoms with Crippen LogP contribution in [-0.2, 0) is 47.5 Å². The summed E-state index contributed by atoms with van der Waals surface area (Å²) in [4.78, 5) is 53.5. The van der Waals surface area contributed by atoms with E-state index in [4.69, 9.17) is 44.8 Å². The maximum atomic E-state index is 14.7. The van der Waals surface area contributed by atoms with Gasteiger partial charge in [-0.25, -0.2) is 14.4 Å². The number of phenolic OH excluding ortho intramolecular Hbond substituents is 1. The van der Waals surface area contributed by atoms with Crippen molar-refractivity contribution >= 4 is 35.5 Å². The number of carboxylic acids is 1. The van der Waals surface area contributed by atoms with Gasteiger partial charge in [-0.3, -0.25) is 4.79 Å². The molecule has 1 spiro atoms. The lowest BCUT2D eigenvalue weighted by Gasteiger charge is -2.51. The van der Waals surface area contributed by atoms with Gasteiger partial charge in [0.2, 0.25) is 0 Å². The molecule has 17 heteroatoms. The second-order valence-corrected chi connectivity index (χ2v) is 19.8. The van der Waals surface area contributed by atoms with Crippen LogP contribution in [0.15, 0.2) is 59.6 Å². The Labute approximate surface area is 388 Å². The number of hydrogen-bond donors (Lipinski definition) is 5. The van der Waals surface area contributed by atoms with Crippen LogP contribution in [0.25, 0.3) is 0 Å². The van der Waals surface area contributed by atoms with Gasteiger partial charge in [-0.05, 0) is 95.2 Å². The number of rotatable bonds is 7. The van der Waals surface area contributed by atoms with Crippen molar-refractivity contribution < 1.29 is 77.9 Å². The monoisotopic (exact) mass is 940 g/mol. The van der Waals surface area contributed by atoms with E-state index in [1.807, 2.05) is 19.1 Å². The highest BCUT2D eigenvalue weighted by molar-refractivity contribution is 6.32. The van der Waals surface area contributed by atoms with E-state index in [1.54, 1.807) is 33.8 Å². The predicted octanol–water partition coefficient (Wildman–Crippen LogP) is 6.66. The van der Waals surface area contributed by atoms with Crippen molar-refractivity contribution in [2.45, 2.75) is 160 Å². The summed E-state index contributed by atoms with van der Waals surface area (Å²) in [6, 6.07) is 2.75. The topological polar surface area (TPSA) is 234 Å². The van der Waals surface area contributed by atoms with Gasteiger partial charge in [0.1, 0.15) is 17.4 Å². The molecular formula is C49H61ClO16. The van der Waals surface area contributed by atoms with Crippen molar-refractivity contribution in [2.75, 3.05) is 0 Å². The minimum Gasteiger partial charge on any atom is -0.507 e. The first-order chi connectivity index (χ1) is 31.3. The zero-order valence-corrected chi connectivity index (χ0v) is 38.6. The smallest absolute Gasteiger partial charge is 0.379 e. The van der Waals surface area contributed by atoms with Crippen molar-refractivity contribution in [2.24, 2.45) is 35.0 Å². The van der Waals surface area contributed by atoms with Gasteiger partial charge in [0, 0.05) is 41.7 Å². The Bertz CT molecular complexity index is 2180. The molecule has 1 saturated carbocycles. The Kier molecular flexibility index (Phi) is 13.9. The highest BCUT2D eigenvalue weighted by Gasteiger charge is 2.60. The Balaban J connectivity index is 0.934. The molecule has 0 unspecified atom stereocenters. The summed E-state index contributed by atoms with van der Waals surface area (Å²) in [5.74, 6) is -7.18. The van der Waals surface area contributed by atoms with Gasteiger partial charge in [-0.2, -0.15) is 0 Å². The van der Waals surface area contributed by atoms with Gasteiger partial charge in [-0.1, -0.05) is 61.7 Å². The van der Waals surface area contributed by atoms with Crippen molar-refractivity contribution in [3.63, 3.8) is 0 Å². The molecule has 360 valence electrons. The number of carboxylic acid groups (broad SMARTS) is 1. The van der Waals surface area contributed by atoms with Gasteiger partial charge in [0.05, 0.1) is 35.9 Å². The number of carbonyl (C=O) groups is 4. The number of esters is 3.